The SMILES string of the molecule is CC1=NC(/C=C2\C(=O)Nc3ccccc32)=C(C)C1. The maximum Gasteiger partial charge on any atom is 0.256 e. The minimum Gasteiger partial charge on any atom is -0.321 e. The molecule has 18 heavy (non-hydrogen) atoms. The highest BCUT2D eigenvalue weighted by molar-refractivity contribution is 6.31. The quantitative estimate of drug-likeness (QED) is 0.750. The van der Waals surface area contributed by atoms with Crippen molar-refractivity contribution in [3.63, 3.8) is 0 Å². The van der Waals surface area contributed by atoms with Crippen LogP contribution in [0.25, 0.3) is 5.57 Å². The summed E-state index contributed by atoms with van der Waals surface area (Å²) in [5.41, 5.74) is 5.80. The lowest BCUT2D eigenvalue weighted by Gasteiger charge is -1.98. The van der Waals surface area contributed by atoms with Crippen molar-refractivity contribution in [1.82, 2.24) is 0 Å². The topological polar surface area (TPSA) is 41.5 Å². The van der Waals surface area contributed by atoms with Crippen molar-refractivity contribution >= 4 is 22.9 Å². The van der Waals surface area contributed by atoms with E-state index in [9.17, 15) is 4.79 Å². The van der Waals surface area contributed by atoms with Gasteiger partial charge in [-0.05, 0) is 31.6 Å². The van der Waals surface area contributed by atoms with E-state index in [1.165, 1.54) is 5.57 Å². The second-order valence-electron chi connectivity index (χ2n) is 4.75. The van der Waals surface area contributed by atoms with Gasteiger partial charge in [0.05, 0.1) is 11.3 Å². The van der Waals surface area contributed by atoms with Gasteiger partial charge in [0.25, 0.3) is 5.91 Å². The Hall–Kier alpha value is -2.16. The molecule has 0 saturated carbocycles. The Kier molecular flexibility index (Phi) is 2.40. The van der Waals surface area contributed by atoms with Gasteiger partial charge in [0.2, 0.25) is 0 Å². The van der Waals surface area contributed by atoms with E-state index in [1.54, 1.807) is 0 Å². The van der Waals surface area contributed by atoms with Gasteiger partial charge < -0.3 is 5.32 Å². The summed E-state index contributed by atoms with van der Waals surface area (Å²) in [6.45, 7) is 4.07. The molecule has 3 rings (SSSR count). The van der Waals surface area contributed by atoms with Crippen LogP contribution in [0.3, 0.4) is 0 Å². The maximum atomic E-state index is 12.0. The van der Waals surface area contributed by atoms with Crippen LogP contribution in [0.2, 0.25) is 0 Å². The van der Waals surface area contributed by atoms with Crippen LogP contribution in [0.5, 0.6) is 0 Å². The van der Waals surface area contributed by atoms with Crippen LogP contribution in [0.15, 0.2) is 46.6 Å². The average molecular weight is 238 g/mol. The van der Waals surface area contributed by atoms with Crippen LogP contribution in [0.4, 0.5) is 5.69 Å². The van der Waals surface area contributed by atoms with E-state index in [0.717, 1.165) is 29.1 Å². The van der Waals surface area contributed by atoms with E-state index < -0.39 is 0 Å². The first-order chi connectivity index (χ1) is 8.65. The van der Waals surface area contributed by atoms with E-state index >= 15 is 0 Å². The van der Waals surface area contributed by atoms with Gasteiger partial charge in [-0.1, -0.05) is 18.2 Å². The average Bonchev–Trinajstić information content (AvgIpc) is 2.81. The largest absolute Gasteiger partial charge is 0.321 e. The van der Waals surface area contributed by atoms with Gasteiger partial charge in [0.1, 0.15) is 0 Å². The van der Waals surface area contributed by atoms with Crippen LogP contribution in [-0.4, -0.2) is 11.6 Å². The van der Waals surface area contributed by atoms with Gasteiger partial charge in [0, 0.05) is 23.4 Å². The number of aliphatic imine (C=N–C) groups is 1. The number of allylic oxidation sites excluding steroid dienone is 2. The summed E-state index contributed by atoms with van der Waals surface area (Å²) in [6.07, 6.45) is 2.80. The number of nitrogens with one attached hydrogen (secondary N) is 1. The lowest BCUT2D eigenvalue weighted by Crippen LogP contribution is -2.03. The zero-order valence-corrected chi connectivity index (χ0v) is 10.4. The minimum absolute atomic E-state index is 0.0451. The van der Waals surface area contributed by atoms with Gasteiger partial charge in [0.15, 0.2) is 0 Å². The highest BCUT2D eigenvalue weighted by Gasteiger charge is 2.24. The standard InChI is InChI=1S/C15H14N2O/c1-9-7-10(2)16-14(9)8-12-11-5-3-4-6-13(11)17-15(12)18/h3-6,8H,7H2,1-2H3,(H,17,18)/b12-8-. The first-order valence-electron chi connectivity index (χ1n) is 6.01. The molecule has 2 aliphatic rings. The van der Waals surface area contributed by atoms with Gasteiger partial charge in [-0.3, -0.25) is 9.79 Å². The van der Waals surface area contributed by atoms with Crippen LogP contribution in [-0.2, 0) is 4.79 Å². The number of carbonyl (C=O) groups excluding carboxylic acids is 1. The number of para-hydroxylation sites is 1. The number of hydrogen-bond donors (Lipinski definition) is 1. The van der Waals surface area contributed by atoms with Crippen molar-refractivity contribution in [2.24, 2.45) is 4.99 Å². The van der Waals surface area contributed by atoms with E-state index in [0.29, 0.717) is 5.57 Å². The Balaban J connectivity index is 2.08. The van der Waals surface area contributed by atoms with Gasteiger partial charge in [-0.15, -0.1) is 0 Å². The van der Waals surface area contributed by atoms with Crippen molar-refractivity contribution in [2.75, 3.05) is 5.32 Å². The molecule has 1 amide bonds. The molecule has 1 aromatic carbocycles. The second-order valence-corrected chi connectivity index (χ2v) is 4.75. The van der Waals surface area contributed by atoms with Crippen molar-refractivity contribution in [3.05, 3.63) is 47.2 Å². The summed E-state index contributed by atoms with van der Waals surface area (Å²) >= 11 is 0. The first kappa shape index (κ1) is 11.0. The molecular formula is C15H14N2O. The lowest BCUT2D eigenvalue weighted by molar-refractivity contribution is -0.110. The number of nitrogens with zero attached hydrogens (tertiary/aromatic N) is 1. The second kappa shape index (κ2) is 3.95. The van der Waals surface area contributed by atoms with Crippen LogP contribution >= 0.6 is 0 Å². The molecule has 90 valence electrons. The predicted octanol–water partition coefficient (Wildman–Crippen LogP) is 3.16. The Labute approximate surface area is 106 Å². The third-order valence-electron chi connectivity index (χ3n) is 3.26. The van der Waals surface area contributed by atoms with Crippen LogP contribution in [0, 0.1) is 0 Å². The smallest absolute Gasteiger partial charge is 0.256 e. The normalized spacial score (nSPS) is 20.2. The van der Waals surface area contributed by atoms with Gasteiger partial charge in [-0.25, -0.2) is 0 Å². The van der Waals surface area contributed by atoms with Crippen molar-refractivity contribution in [2.45, 2.75) is 20.3 Å². The van der Waals surface area contributed by atoms with Gasteiger partial charge >= 0.3 is 0 Å². The first-order valence-corrected chi connectivity index (χ1v) is 6.01. The summed E-state index contributed by atoms with van der Waals surface area (Å²) in [4.78, 5) is 16.4. The Morgan fingerprint density at radius 3 is 2.78 bits per heavy atom. The number of carbonyl (C=O) groups is 1. The third kappa shape index (κ3) is 1.68. The molecule has 3 heteroatoms. The molecule has 2 aliphatic heterocycles. The molecule has 0 radical (unpaired) electrons. The minimum atomic E-state index is -0.0451. The van der Waals surface area contributed by atoms with E-state index in [1.807, 2.05) is 37.3 Å². The monoisotopic (exact) mass is 238 g/mol. The molecule has 3 nitrogen and oxygen atoms in total. The molecule has 0 fully saturated rings. The maximum absolute atomic E-state index is 12.0. The number of hydrogen-bond acceptors (Lipinski definition) is 2. The number of fused-ring (bicyclic) bond motifs is 1. The molecule has 2 heterocycles. The fourth-order valence-corrected chi connectivity index (χ4v) is 2.39. The fraction of sp³-hybridized carbons (Fsp3) is 0.200. The predicted molar refractivity (Wildman–Crippen MR) is 73.5 cm³/mol. The van der Waals surface area contributed by atoms with E-state index in [2.05, 4.69) is 17.2 Å². The molecular weight excluding hydrogens is 224 g/mol. The molecule has 1 aromatic rings. The number of benzene rings is 1. The molecule has 1 N–H and O–H groups in total. The fourth-order valence-electron chi connectivity index (χ4n) is 2.39. The molecule has 0 unspecified atom stereocenters. The Morgan fingerprint density at radius 1 is 1.28 bits per heavy atom. The summed E-state index contributed by atoms with van der Waals surface area (Å²) in [5, 5.41) is 2.87. The summed E-state index contributed by atoms with van der Waals surface area (Å²) in [7, 11) is 0. The Bertz CT molecular complexity index is 636. The van der Waals surface area contributed by atoms with Crippen molar-refractivity contribution in [3.8, 4) is 0 Å². The van der Waals surface area contributed by atoms with Crippen molar-refractivity contribution in [1.29, 1.82) is 0 Å². The zero-order valence-electron chi connectivity index (χ0n) is 10.4. The molecule has 0 atom stereocenters. The van der Waals surface area contributed by atoms with Crippen LogP contribution in [0.1, 0.15) is 25.8 Å². The van der Waals surface area contributed by atoms with Crippen molar-refractivity contribution < 1.29 is 4.79 Å². The lowest BCUT2D eigenvalue weighted by atomic mass is 10.0. The Morgan fingerprint density at radius 2 is 2.06 bits per heavy atom. The third-order valence-corrected chi connectivity index (χ3v) is 3.26. The molecule has 0 aliphatic carbocycles. The van der Waals surface area contributed by atoms with E-state index in [4.69, 9.17) is 0 Å². The summed E-state index contributed by atoms with van der Waals surface area (Å²) < 4.78 is 0. The van der Waals surface area contributed by atoms with Gasteiger partial charge in [-0.2, -0.15) is 0 Å². The molecule has 0 bridgehead atoms. The zero-order chi connectivity index (χ0) is 12.7. The van der Waals surface area contributed by atoms with Crippen LogP contribution < -0.4 is 5.32 Å². The number of anilines is 1. The highest BCUT2D eigenvalue weighted by Crippen LogP contribution is 2.33. The molecule has 0 aromatic heterocycles. The summed E-state index contributed by atoms with van der Waals surface area (Å²) in [5.74, 6) is -0.0451. The summed E-state index contributed by atoms with van der Waals surface area (Å²) in [6, 6.07) is 7.74. The number of rotatable bonds is 1. The highest BCUT2D eigenvalue weighted by atomic mass is 16.2. The van der Waals surface area contributed by atoms with E-state index in [-0.39, 0.29) is 5.91 Å². The number of amides is 1. The molecule has 0 saturated heterocycles. The molecule has 0 spiro atoms.